The third kappa shape index (κ3) is 2.52. The number of hydrogen-bond donors (Lipinski definition) is 1. The van der Waals surface area contributed by atoms with Crippen molar-refractivity contribution in [3.8, 4) is 11.5 Å². The summed E-state index contributed by atoms with van der Waals surface area (Å²) in [6.07, 6.45) is 2.05. The number of amides is 1. The highest BCUT2D eigenvalue weighted by molar-refractivity contribution is 5.94. The van der Waals surface area contributed by atoms with Crippen LogP contribution in [0.4, 0.5) is 5.69 Å². The van der Waals surface area contributed by atoms with E-state index >= 15 is 0 Å². The summed E-state index contributed by atoms with van der Waals surface area (Å²) < 4.78 is 11.5. The van der Waals surface area contributed by atoms with Crippen LogP contribution < -0.4 is 14.8 Å². The van der Waals surface area contributed by atoms with Gasteiger partial charge in [0.15, 0.2) is 0 Å². The van der Waals surface area contributed by atoms with E-state index < -0.39 is 0 Å². The quantitative estimate of drug-likeness (QED) is 0.942. The average Bonchev–Trinajstić information content (AvgIpc) is 3.19. The number of rotatable bonds is 3. The molecule has 1 N–H and O–H groups in total. The first kappa shape index (κ1) is 15.1. The van der Waals surface area contributed by atoms with Crippen LogP contribution in [0.3, 0.4) is 0 Å². The Bertz CT molecular complexity index is 774. The van der Waals surface area contributed by atoms with Crippen molar-refractivity contribution in [2.75, 3.05) is 18.5 Å². The molecule has 2 aliphatic rings. The highest BCUT2D eigenvalue weighted by Crippen LogP contribution is 2.40. The van der Waals surface area contributed by atoms with Gasteiger partial charge in [-0.2, -0.15) is 0 Å². The molecule has 4 nitrogen and oxygen atoms in total. The number of fused-ring (bicyclic) bond motifs is 2. The minimum Gasteiger partial charge on any atom is -0.493 e. The SMILES string of the molecule is Cc1cccc(C)c1NC(=O)Cc1c2c(cc3c1OCC3)OCC2. The van der Waals surface area contributed by atoms with E-state index in [0.717, 1.165) is 57.8 Å². The van der Waals surface area contributed by atoms with Gasteiger partial charge >= 0.3 is 0 Å². The summed E-state index contributed by atoms with van der Waals surface area (Å²) in [6.45, 7) is 5.39. The number of carbonyl (C=O) groups excluding carboxylic acids is 1. The maximum Gasteiger partial charge on any atom is 0.228 e. The largest absolute Gasteiger partial charge is 0.493 e. The monoisotopic (exact) mass is 323 g/mol. The van der Waals surface area contributed by atoms with Gasteiger partial charge < -0.3 is 14.8 Å². The van der Waals surface area contributed by atoms with E-state index in [4.69, 9.17) is 9.47 Å². The van der Waals surface area contributed by atoms with Crippen LogP contribution in [-0.4, -0.2) is 19.1 Å². The number of nitrogens with one attached hydrogen (secondary N) is 1. The second kappa shape index (κ2) is 5.86. The maximum atomic E-state index is 12.7. The Morgan fingerprint density at radius 1 is 1.12 bits per heavy atom. The molecule has 24 heavy (non-hydrogen) atoms. The summed E-state index contributed by atoms with van der Waals surface area (Å²) in [4.78, 5) is 12.7. The molecular weight excluding hydrogens is 302 g/mol. The molecule has 4 heteroatoms. The number of carbonyl (C=O) groups is 1. The Morgan fingerprint density at radius 2 is 1.88 bits per heavy atom. The fraction of sp³-hybridized carbons (Fsp3) is 0.350. The highest BCUT2D eigenvalue weighted by atomic mass is 16.5. The first-order valence-corrected chi connectivity index (χ1v) is 8.43. The third-order valence-electron chi connectivity index (χ3n) is 4.84. The average molecular weight is 323 g/mol. The number of para-hydroxylation sites is 1. The number of ether oxygens (including phenoxy) is 2. The van der Waals surface area contributed by atoms with Crippen LogP contribution in [-0.2, 0) is 24.1 Å². The Morgan fingerprint density at radius 3 is 2.67 bits per heavy atom. The molecule has 1 amide bonds. The molecule has 0 saturated carbocycles. The lowest BCUT2D eigenvalue weighted by Gasteiger charge is -2.15. The standard InChI is InChI=1S/C20H21NO3/c1-12-4-3-5-13(2)19(12)21-18(22)11-16-15-7-9-23-17(15)10-14-6-8-24-20(14)16/h3-5,10H,6-9,11H2,1-2H3,(H,21,22). The van der Waals surface area contributed by atoms with Gasteiger partial charge in [0.1, 0.15) is 11.5 Å². The zero-order chi connectivity index (χ0) is 16.7. The summed E-state index contributed by atoms with van der Waals surface area (Å²) in [5.74, 6) is 1.82. The molecule has 2 heterocycles. The molecule has 0 aromatic heterocycles. The summed E-state index contributed by atoms with van der Waals surface area (Å²) in [5, 5.41) is 3.07. The Kier molecular flexibility index (Phi) is 3.68. The molecule has 2 aromatic rings. The van der Waals surface area contributed by atoms with Crippen molar-refractivity contribution in [3.05, 3.63) is 52.1 Å². The first-order chi connectivity index (χ1) is 11.6. The van der Waals surface area contributed by atoms with Gasteiger partial charge in [0, 0.05) is 35.2 Å². The van der Waals surface area contributed by atoms with Gasteiger partial charge in [-0.1, -0.05) is 18.2 Å². The van der Waals surface area contributed by atoms with E-state index in [0.29, 0.717) is 19.6 Å². The maximum absolute atomic E-state index is 12.7. The summed E-state index contributed by atoms with van der Waals surface area (Å²) >= 11 is 0. The molecule has 0 aliphatic carbocycles. The van der Waals surface area contributed by atoms with Crippen molar-refractivity contribution >= 4 is 11.6 Å². The predicted octanol–water partition coefficient (Wildman–Crippen LogP) is 3.35. The molecule has 2 aliphatic heterocycles. The molecule has 124 valence electrons. The zero-order valence-electron chi connectivity index (χ0n) is 14.1. The fourth-order valence-electron chi connectivity index (χ4n) is 3.63. The molecule has 2 aromatic carbocycles. The van der Waals surface area contributed by atoms with Gasteiger partial charge in [-0.05, 0) is 31.0 Å². The van der Waals surface area contributed by atoms with Crippen molar-refractivity contribution in [1.29, 1.82) is 0 Å². The molecule has 4 rings (SSSR count). The molecule has 0 saturated heterocycles. The Balaban J connectivity index is 1.63. The Hall–Kier alpha value is -2.49. The van der Waals surface area contributed by atoms with Gasteiger partial charge in [-0.25, -0.2) is 0 Å². The lowest BCUT2D eigenvalue weighted by atomic mass is 9.97. The van der Waals surface area contributed by atoms with Crippen LogP contribution in [0.2, 0.25) is 0 Å². The lowest BCUT2D eigenvalue weighted by Crippen LogP contribution is -2.17. The predicted molar refractivity (Wildman–Crippen MR) is 93.1 cm³/mol. The molecule has 0 unspecified atom stereocenters. The molecule has 0 fully saturated rings. The molecule has 0 radical (unpaired) electrons. The topological polar surface area (TPSA) is 47.6 Å². The summed E-state index contributed by atoms with van der Waals surface area (Å²) in [5.41, 5.74) is 6.35. The van der Waals surface area contributed by atoms with E-state index in [2.05, 4.69) is 11.4 Å². The first-order valence-electron chi connectivity index (χ1n) is 8.43. The van der Waals surface area contributed by atoms with Gasteiger partial charge in [-0.15, -0.1) is 0 Å². The normalized spacial score (nSPS) is 14.6. The molecule has 0 bridgehead atoms. The lowest BCUT2D eigenvalue weighted by molar-refractivity contribution is -0.115. The van der Waals surface area contributed by atoms with E-state index in [1.54, 1.807) is 0 Å². The highest BCUT2D eigenvalue weighted by Gasteiger charge is 2.27. The molecule has 0 spiro atoms. The van der Waals surface area contributed by atoms with E-state index in [-0.39, 0.29) is 5.91 Å². The molecule has 0 atom stereocenters. The number of anilines is 1. The van der Waals surface area contributed by atoms with Gasteiger partial charge in [0.2, 0.25) is 5.91 Å². The van der Waals surface area contributed by atoms with Gasteiger partial charge in [0.05, 0.1) is 19.6 Å². The van der Waals surface area contributed by atoms with Gasteiger partial charge in [-0.3, -0.25) is 4.79 Å². The minimum atomic E-state index is -0.00889. The van der Waals surface area contributed by atoms with Crippen molar-refractivity contribution < 1.29 is 14.3 Å². The second-order valence-corrected chi connectivity index (χ2v) is 6.51. The third-order valence-corrected chi connectivity index (χ3v) is 4.84. The van der Waals surface area contributed by atoms with Crippen LogP contribution in [0.25, 0.3) is 0 Å². The number of benzene rings is 2. The number of hydrogen-bond acceptors (Lipinski definition) is 3. The summed E-state index contributed by atoms with van der Waals surface area (Å²) in [6, 6.07) is 8.11. The smallest absolute Gasteiger partial charge is 0.228 e. The fourth-order valence-corrected chi connectivity index (χ4v) is 3.63. The van der Waals surface area contributed by atoms with Crippen molar-refractivity contribution in [2.45, 2.75) is 33.1 Å². The van der Waals surface area contributed by atoms with E-state index in [1.165, 1.54) is 0 Å². The second-order valence-electron chi connectivity index (χ2n) is 6.51. The van der Waals surface area contributed by atoms with Crippen LogP contribution in [0.5, 0.6) is 11.5 Å². The minimum absolute atomic E-state index is 0.00889. The van der Waals surface area contributed by atoms with Crippen LogP contribution in [0.15, 0.2) is 24.3 Å². The van der Waals surface area contributed by atoms with Gasteiger partial charge in [0.25, 0.3) is 0 Å². The van der Waals surface area contributed by atoms with Crippen LogP contribution in [0.1, 0.15) is 27.8 Å². The summed E-state index contributed by atoms with van der Waals surface area (Å²) in [7, 11) is 0. The van der Waals surface area contributed by atoms with E-state index in [1.807, 2.05) is 32.0 Å². The van der Waals surface area contributed by atoms with E-state index in [9.17, 15) is 4.79 Å². The van der Waals surface area contributed by atoms with Crippen molar-refractivity contribution in [1.82, 2.24) is 0 Å². The van der Waals surface area contributed by atoms with Crippen LogP contribution >= 0.6 is 0 Å². The van der Waals surface area contributed by atoms with Crippen LogP contribution in [0, 0.1) is 13.8 Å². The number of aryl methyl sites for hydroxylation is 2. The zero-order valence-corrected chi connectivity index (χ0v) is 14.1. The Labute approximate surface area is 141 Å². The van der Waals surface area contributed by atoms with Crippen molar-refractivity contribution in [3.63, 3.8) is 0 Å². The van der Waals surface area contributed by atoms with Crippen molar-refractivity contribution in [2.24, 2.45) is 0 Å². The molecular formula is C20H21NO3.